The Balaban J connectivity index is 2.78. The van der Waals surface area contributed by atoms with Crippen LogP contribution in [0, 0.1) is 13.1 Å². The lowest BCUT2D eigenvalue weighted by Crippen LogP contribution is -2.17. The van der Waals surface area contributed by atoms with Crippen molar-refractivity contribution in [1.29, 1.82) is 0 Å². The molecule has 0 bridgehead atoms. The highest BCUT2D eigenvalue weighted by molar-refractivity contribution is 14.1. The Morgan fingerprint density at radius 2 is 1.94 bits per heavy atom. The summed E-state index contributed by atoms with van der Waals surface area (Å²) in [6, 6.07) is 3.79. The van der Waals surface area contributed by atoms with Crippen LogP contribution in [0.1, 0.15) is 19.4 Å². The molecule has 1 N–H and O–H groups in total. The molecule has 1 rings (SSSR count). The number of phenols is 1. The molecule has 94 valence electrons. The van der Waals surface area contributed by atoms with Crippen molar-refractivity contribution in [3.8, 4) is 5.75 Å². The van der Waals surface area contributed by atoms with E-state index < -0.39 is 0 Å². The molecule has 0 aliphatic rings. The summed E-state index contributed by atoms with van der Waals surface area (Å²) >= 11 is 4.17. The number of benzene rings is 1. The average Bonchev–Trinajstić information content (AvgIpc) is 2.26. The molecule has 0 aliphatic heterocycles. The van der Waals surface area contributed by atoms with Gasteiger partial charge in [-0.1, -0.05) is 6.92 Å². The summed E-state index contributed by atoms with van der Waals surface area (Å²) in [4.78, 5) is 11.5. The number of carbonyl (C=O) groups excluding carboxylic acids is 1. The molecule has 0 amide bonds. The third-order valence-electron chi connectivity index (χ3n) is 2.31. The second-order valence-corrected chi connectivity index (χ2v) is 6.09. The number of aromatic hydroxyl groups is 1. The Bertz CT molecular complexity index is 395. The molecular formula is C12H14I2O3. The van der Waals surface area contributed by atoms with Crippen molar-refractivity contribution in [2.75, 3.05) is 6.61 Å². The third kappa shape index (κ3) is 4.27. The Morgan fingerprint density at radius 1 is 1.41 bits per heavy atom. The van der Waals surface area contributed by atoms with E-state index in [0.717, 1.165) is 12.7 Å². The van der Waals surface area contributed by atoms with Crippen molar-refractivity contribution in [3.05, 3.63) is 24.8 Å². The standard InChI is InChI=1S/C12H14I2O3/c1-3-17-12(16)7(2)4-8-5-9(13)11(15)10(14)6-8/h5-7,15H,3-4H2,1-2H3. The van der Waals surface area contributed by atoms with Crippen molar-refractivity contribution >= 4 is 51.2 Å². The van der Waals surface area contributed by atoms with Crippen LogP contribution in [0.5, 0.6) is 5.75 Å². The molecule has 0 fully saturated rings. The van der Waals surface area contributed by atoms with Gasteiger partial charge < -0.3 is 9.84 Å². The second-order valence-electron chi connectivity index (χ2n) is 3.77. The van der Waals surface area contributed by atoms with Gasteiger partial charge in [0.15, 0.2) is 0 Å². The lowest BCUT2D eigenvalue weighted by Gasteiger charge is -2.11. The van der Waals surface area contributed by atoms with Gasteiger partial charge in [0.2, 0.25) is 0 Å². The van der Waals surface area contributed by atoms with E-state index in [1.54, 1.807) is 6.92 Å². The number of hydrogen-bond acceptors (Lipinski definition) is 3. The molecule has 0 saturated carbocycles. The maximum atomic E-state index is 11.5. The van der Waals surface area contributed by atoms with Crippen LogP contribution >= 0.6 is 45.2 Å². The molecular weight excluding hydrogens is 446 g/mol. The Kier molecular flexibility index (Phi) is 5.98. The third-order valence-corrected chi connectivity index (χ3v) is 3.95. The van der Waals surface area contributed by atoms with Crippen molar-refractivity contribution in [1.82, 2.24) is 0 Å². The molecule has 0 radical (unpaired) electrons. The lowest BCUT2D eigenvalue weighted by molar-refractivity contribution is -0.147. The SMILES string of the molecule is CCOC(=O)C(C)Cc1cc(I)c(O)c(I)c1. The summed E-state index contributed by atoms with van der Waals surface area (Å²) in [6.45, 7) is 4.06. The number of hydrogen-bond donors (Lipinski definition) is 1. The number of rotatable bonds is 4. The zero-order chi connectivity index (χ0) is 13.0. The van der Waals surface area contributed by atoms with Gasteiger partial charge in [-0.25, -0.2) is 0 Å². The van der Waals surface area contributed by atoms with Crippen molar-refractivity contribution in [3.63, 3.8) is 0 Å². The molecule has 0 aliphatic carbocycles. The number of carbonyl (C=O) groups is 1. The minimum atomic E-state index is -0.175. The molecule has 0 spiro atoms. The van der Waals surface area contributed by atoms with Crippen molar-refractivity contribution in [2.45, 2.75) is 20.3 Å². The van der Waals surface area contributed by atoms with Gasteiger partial charge in [0.25, 0.3) is 0 Å². The van der Waals surface area contributed by atoms with Crippen LogP contribution in [0.15, 0.2) is 12.1 Å². The highest BCUT2D eigenvalue weighted by atomic mass is 127. The van der Waals surface area contributed by atoms with Gasteiger partial charge in [-0.2, -0.15) is 0 Å². The highest BCUT2D eigenvalue weighted by Gasteiger charge is 2.16. The molecule has 1 unspecified atom stereocenters. The van der Waals surface area contributed by atoms with Crippen LogP contribution in [0.3, 0.4) is 0 Å². The molecule has 17 heavy (non-hydrogen) atoms. The van der Waals surface area contributed by atoms with Crippen LogP contribution in [-0.2, 0) is 16.0 Å². The van der Waals surface area contributed by atoms with E-state index in [1.807, 2.05) is 19.1 Å². The van der Waals surface area contributed by atoms with Gasteiger partial charge in [0.1, 0.15) is 5.75 Å². The van der Waals surface area contributed by atoms with Crippen LogP contribution < -0.4 is 0 Å². The first-order chi connectivity index (χ1) is 7.95. The molecule has 1 atom stereocenters. The number of ether oxygens (including phenoxy) is 1. The quantitative estimate of drug-likeness (QED) is 0.555. The molecule has 3 nitrogen and oxygen atoms in total. The van der Waals surface area contributed by atoms with E-state index in [2.05, 4.69) is 45.2 Å². The first-order valence-electron chi connectivity index (χ1n) is 5.29. The monoisotopic (exact) mass is 460 g/mol. The minimum absolute atomic E-state index is 0.161. The Hall–Kier alpha value is -0.0500. The van der Waals surface area contributed by atoms with Crippen LogP contribution in [-0.4, -0.2) is 17.7 Å². The Labute approximate surface area is 128 Å². The molecule has 5 heteroatoms. The first kappa shape index (κ1) is 15.0. The predicted molar refractivity (Wildman–Crippen MR) is 83.0 cm³/mol. The maximum Gasteiger partial charge on any atom is 0.308 e. The normalized spacial score (nSPS) is 12.2. The van der Waals surface area contributed by atoms with E-state index in [0.29, 0.717) is 18.8 Å². The fraction of sp³-hybridized carbons (Fsp3) is 0.417. The van der Waals surface area contributed by atoms with E-state index in [-0.39, 0.29) is 11.9 Å². The molecule has 0 aromatic heterocycles. The summed E-state index contributed by atoms with van der Waals surface area (Å²) in [7, 11) is 0. The topological polar surface area (TPSA) is 46.5 Å². The zero-order valence-corrected chi connectivity index (χ0v) is 14.0. The number of phenolic OH excluding ortho intramolecular Hbond substituents is 1. The smallest absolute Gasteiger partial charge is 0.308 e. The van der Waals surface area contributed by atoms with Gasteiger partial charge >= 0.3 is 5.97 Å². The first-order valence-corrected chi connectivity index (χ1v) is 7.45. The van der Waals surface area contributed by atoms with Gasteiger partial charge in [0.05, 0.1) is 19.7 Å². The fourth-order valence-corrected chi connectivity index (χ4v) is 3.35. The fourth-order valence-electron chi connectivity index (χ4n) is 1.46. The van der Waals surface area contributed by atoms with E-state index in [1.165, 1.54) is 0 Å². The summed E-state index contributed by atoms with van der Waals surface area (Å²) in [5, 5.41) is 9.65. The highest BCUT2D eigenvalue weighted by Crippen LogP contribution is 2.28. The van der Waals surface area contributed by atoms with Crippen LogP contribution in [0.2, 0.25) is 0 Å². The number of esters is 1. The minimum Gasteiger partial charge on any atom is -0.506 e. The van der Waals surface area contributed by atoms with Gasteiger partial charge in [-0.15, -0.1) is 0 Å². The van der Waals surface area contributed by atoms with E-state index in [4.69, 9.17) is 4.74 Å². The van der Waals surface area contributed by atoms with Crippen LogP contribution in [0.4, 0.5) is 0 Å². The van der Waals surface area contributed by atoms with Gasteiger partial charge in [-0.3, -0.25) is 4.79 Å². The largest absolute Gasteiger partial charge is 0.506 e. The van der Waals surface area contributed by atoms with Gasteiger partial charge in [-0.05, 0) is 76.2 Å². The molecule has 1 aromatic rings. The Morgan fingerprint density at radius 3 is 2.41 bits per heavy atom. The summed E-state index contributed by atoms with van der Waals surface area (Å²) in [6.07, 6.45) is 0.630. The summed E-state index contributed by atoms with van der Waals surface area (Å²) < 4.78 is 6.58. The lowest BCUT2D eigenvalue weighted by atomic mass is 10.0. The van der Waals surface area contributed by atoms with E-state index in [9.17, 15) is 9.90 Å². The molecule has 0 saturated heterocycles. The maximum absolute atomic E-state index is 11.5. The number of halogens is 2. The predicted octanol–water partition coefficient (Wildman–Crippen LogP) is 3.34. The van der Waals surface area contributed by atoms with Gasteiger partial charge in [0, 0.05) is 0 Å². The second kappa shape index (κ2) is 6.77. The van der Waals surface area contributed by atoms with E-state index >= 15 is 0 Å². The molecule has 1 aromatic carbocycles. The average molecular weight is 460 g/mol. The van der Waals surface area contributed by atoms with Crippen molar-refractivity contribution in [2.24, 2.45) is 5.92 Å². The molecule has 0 heterocycles. The summed E-state index contributed by atoms with van der Waals surface area (Å²) in [5.41, 5.74) is 1.04. The zero-order valence-electron chi connectivity index (χ0n) is 9.67. The summed E-state index contributed by atoms with van der Waals surface area (Å²) in [5.74, 6) is -0.0320. The van der Waals surface area contributed by atoms with Crippen molar-refractivity contribution < 1.29 is 14.6 Å². The van der Waals surface area contributed by atoms with Crippen LogP contribution in [0.25, 0.3) is 0 Å².